The number of furan rings is 1. The third-order valence-corrected chi connectivity index (χ3v) is 12.7. The molecule has 0 bridgehead atoms. The summed E-state index contributed by atoms with van der Waals surface area (Å²) in [5, 5.41) is 4.92. The molecule has 0 saturated heterocycles. The molecule has 11 rings (SSSR count). The van der Waals surface area contributed by atoms with Gasteiger partial charge in [-0.2, -0.15) is 0 Å². The Balaban J connectivity index is 1.07. The van der Waals surface area contributed by atoms with Gasteiger partial charge in [0.1, 0.15) is 11.2 Å². The highest BCUT2D eigenvalue weighted by Gasteiger charge is 2.35. The maximum atomic E-state index is 6.69. The van der Waals surface area contributed by atoms with Crippen LogP contribution in [-0.4, -0.2) is 0 Å². The van der Waals surface area contributed by atoms with Gasteiger partial charge in [-0.3, -0.25) is 0 Å². The van der Waals surface area contributed by atoms with Crippen molar-refractivity contribution in [3.8, 4) is 33.4 Å². The third kappa shape index (κ3) is 4.65. The van der Waals surface area contributed by atoms with E-state index in [1.807, 2.05) is 11.3 Å². The van der Waals surface area contributed by atoms with Crippen molar-refractivity contribution in [3.63, 3.8) is 0 Å². The monoisotopic (exact) mass is 709 g/mol. The second-order valence-electron chi connectivity index (χ2n) is 14.9. The van der Waals surface area contributed by atoms with Crippen LogP contribution in [0.3, 0.4) is 0 Å². The highest BCUT2D eigenvalue weighted by molar-refractivity contribution is 7.26. The molecule has 2 aromatic heterocycles. The van der Waals surface area contributed by atoms with Gasteiger partial charge in [-0.15, -0.1) is 11.3 Å². The van der Waals surface area contributed by atoms with E-state index in [4.69, 9.17) is 4.42 Å². The summed E-state index contributed by atoms with van der Waals surface area (Å²) >= 11 is 1.85. The summed E-state index contributed by atoms with van der Waals surface area (Å²) in [6.07, 6.45) is 0. The fourth-order valence-corrected chi connectivity index (χ4v) is 10.0. The number of hydrogen-bond donors (Lipinski definition) is 0. The predicted octanol–water partition coefficient (Wildman–Crippen LogP) is 15.1. The third-order valence-electron chi connectivity index (χ3n) is 11.5. The number of hydrogen-bond acceptors (Lipinski definition) is 3. The van der Waals surface area contributed by atoms with Gasteiger partial charge in [-0.25, -0.2) is 0 Å². The van der Waals surface area contributed by atoms with Crippen LogP contribution in [0.25, 0.3) is 75.5 Å². The van der Waals surface area contributed by atoms with Crippen LogP contribution in [0, 0.1) is 0 Å². The van der Waals surface area contributed by atoms with Gasteiger partial charge in [0.15, 0.2) is 0 Å². The van der Waals surface area contributed by atoms with Crippen LogP contribution < -0.4 is 4.90 Å². The molecule has 1 aliphatic carbocycles. The summed E-state index contributed by atoms with van der Waals surface area (Å²) in [5.74, 6) is 0. The molecule has 0 atom stereocenters. The summed E-state index contributed by atoms with van der Waals surface area (Å²) < 4.78 is 9.26. The molecule has 10 aromatic rings. The molecule has 0 amide bonds. The van der Waals surface area contributed by atoms with Gasteiger partial charge >= 0.3 is 0 Å². The van der Waals surface area contributed by atoms with Crippen molar-refractivity contribution >= 4 is 70.5 Å². The molecular weight excluding hydrogens is 675 g/mol. The molecular formula is C51H35NOS. The van der Waals surface area contributed by atoms with Gasteiger partial charge in [0.2, 0.25) is 0 Å². The Morgan fingerprint density at radius 2 is 1.07 bits per heavy atom. The van der Waals surface area contributed by atoms with Crippen molar-refractivity contribution in [2.75, 3.05) is 4.90 Å². The molecule has 2 heterocycles. The summed E-state index contributed by atoms with van der Waals surface area (Å²) in [6.45, 7) is 4.70. The van der Waals surface area contributed by atoms with Gasteiger partial charge in [-0.1, -0.05) is 135 Å². The Labute approximate surface area is 318 Å². The molecule has 8 aromatic carbocycles. The Morgan fingerprint density at radius 1 is 0.463 bits per heavy atom. The molecule has 0 N–H and O–H groups in total. The van der Waals surface area contributed by atoms with E-state index in [2.05, 4.69) is 195 Å². The number of fused-ring (bicyclic) bond motifs is 10. The number of rotatable bonds is 5. The minimum atomic E-state index is -0.100. The van der Waals surface area contributed by atoms with Crippen LogP contribution in [0.2, 0.25) is 0 Å². The largest absolute Gasteiger partial charge is 0.455 e. The maximum absolute atomic E-state index is 6.69. The first kappa shape index (κ1) is 31.1. The zero-order chi connectivity index (χ0) is 36.0. The smallest absolute Gasteiger partial charge is 0.144 e. The Kier molecular flexibility index (Phi) is 6.80. The standard InChI is InChI=1S/C51H35NOS/c1-51(2)44-17-9-6-14-38(44)39-29-28-37(30-45(39)51)52(35-24-20-33(21-25-35)32-12-4-3-5-13-32)36-26-22-34(23-27-36)42-31-43-40-15-8-11-19-47(40)54-50(43)48-41-16-7-10-18-46(41)53-49(42)48/h3-31H,1-2H3. The normalized spacial score (nSPS) is 13.1. The first-order valence-electron chi connectivity index (χ1n) is 18.6. The Bertz CT molecular complexity index is 3060. The van der Waals surface area contributed by atoms with E-state index >= 15 is 0 Å². The maximum Gasteiger partial charge on any atom is 0.144 e. The van der Waals surface area contributed by atoms with Crippen molar-refractivity contribution in [1.82, 2.24) is 0 Å². The number of para-hydroxylation sites is 1. The van der Waals surface area contributed by atoms with Gasteiger partial charge in [0, 0.05) is 59.0 Å². The van der Waals surface area contributed by atoms with Gasteiger partial charge in [0.05, 0.1) is 0 Å². The molecule has 54 heavy (non-hydrogen) atoms. The molecule has 3 heteroatoms. The van der Waals surface area contributed by atoms with E-state index < -0.39 is 0 Å². The van der Waals surface area contributed by atoms with Crippen molar-refractivity contribution in [3.05, 3.63) is 187 Å². The molecule has 2 nitrogen and oxygen atoms in total. The molecule has 0 fully saturated rings. The van der Waals surface area contributed by atoms with Crippen LogP contribution in [-0.2, 0) is 5.41 Å². The number of thiophene rings is 1. The Morgan fingerprint density at radius 3 is 1.87 bits per heavy atom. The first-order chi connectivity index (χ1) is 26.5. The van der Waals surface area contributed by atoms with Crippen LogP contribution in [0.4, 0.5) is 17.1 Å². The fraction of sp³-hybridized carbons (Fsp3) is 0.0588. The molecule has 256 valence electrons. The molecule has 0 radical (unpaired) electrons. The lowest BCUT2D eigenvalue weighted by atomic mass is 9.82. The highest BCUT2D eigenvalue weighted by atomic mass is 32.1. The van der Waals surface area contributed by atoms with E-state index in [-0.39, 0.29) is 5.41 Å². The summed E-state index contributed by atoms with van der Waals surface area (Å²) in [6, 6.07) is 64.0. The lowest BCUT2D eigenvalue weighted by Crippen LogP contribution is -2.16. The van der Waals surface area contributed by atoms with Crippen molar-refractivity contribution in [2.24, 2.45) is 0 Å². The van der Waals surface area contributed by atoms with Crippen LogP contribution in [0.5, 0.6) is 0 Å². The van der Waals surface area contributed by atoms with Crippen LogP contribution in [0.15, 0.2) is 180 Å². The minimum absolute atomic E-state index is 0.100. The quantitative estimate of drug-likeness (QED) is 0.177. The lowest BCUT2D eigenvalue weighted by molar-refractivity contribution is 0.660. The average molecular weight is 710 g/mol. The van der Waals surface area contributed by atoms with Crippen molar-refractivity contribution < 1.29 is 4.42 Å². The lowest BCUT2D eigenvalue weighted by Gasteiger charge is -2.28. The zero-order valence-electron chi connectivity index (χ0n) is 30.0. The second-order valence-corrected chi connectivity index (χ2v) is 15.9. The number of benzene rings is 8. The molecule has 1 aliphatic rings. The van der Waals surface area contributed by atoms with E-state index in [1.54, 1.807) is 0 Å². The summed E-state index contributed by atoms with van der Waals surface area (Å²) in [5.41, 5.74) is 15.2. The first-order valence-corrected chi connectivity index (χ1v) is 19.4. The van der Waals surface area contributed by atoms with Gasteiger partial charge < -0.3 is 9.32 Å². The highest BCUT2D eigenvalue weighted by Crippen LogP contribution is 2.51. The van der Waals surface area contributed by atoms with Crippen LogP contribution >= 0.6 is 11.3 Å². The molecule has 0 spiro atoms. The second kappa shape index (κ2) is 11.8. The van der Waals surface area contributed by atoms with Crippen molar-refractivity contribution in [1.29, 1.82) is 0 Å². The topological polar surface area (TPSA) is 16.4 Å². The van der Waals surface area contributed by atoms with Crippen LogP contribution in [0.1, 0.15) is 25.0 Å². The number of nitrogens with zero attached hydrogens (tertiary/aromatic N) is 1. The van der Waals surface area contributed by atoms with Gasteiger partial charge in [0.25, 0.3) is 0 Å². The zero-order valence-corrected chi connectivity index (χ0v) is 30.8. The minimum Gasteiger partial charge on any atom is -0.455 e. The van der Waals surface area contributed by atoms with E-state index in [0.29, 0.717) is 0 Å². The van der Waals surface area contributed by atoms with Gasteiger partial charge in [-0.05, 0) is 93.5 Å². The SMILES string of the molecule is CC1(C)c2ccccc2-c2ccc(N(c3ccc(-c4ccccc4)cc3)c3ccc(-c4cc5c6ccccc6sc5c5c4oc4ccccc45)cc3)cc21. The van der Waals surface area contributed by atoms with E-state index in [0.717, 1.165) is 44.7 Å². The van der Waals surface area contributed by atoms with E-state index in [9.17, 15) is 0 Å². The fourth-order valence-electron chi connectivity index (χ4n) is 8.78. The molecule has 0 aliphatic heterocycles. The van der Waals surface area contributed by atoms with E-state index in [1.165, 1.54) is 58.9 Å². The summed E-state index contributed by atoms with van der Waals surface area (Å²) in [4.78, 5) is 2.39. The number of anilines is 3. The molecule has 0 unspecified atom stereocenters. The predicted molar refractivity (Wildman–Crippen MR) is 230 cm³/mol. The summed E-state index contributed by atoms with van der Waals surface area (Å²) in [7, 11) is 0. The Hall–Kier alpha value is -6.42. The van der Waals surface area contributed by atoms with Crippen molar-refractivity contribution in [2.45, 2.75) is 19.3 Å². The average Bonchev–Trinajstić information content (AvgIpc) is 3.87. The molecule has 0 saturated carbocycles.